The highest BCUT2D eigenvalue weighted by Crippen LogP contribution is 2.05. The maximum absolute atomic E-state index is 11.9. The molecule has 0 fully saturated rings. The molecular weight excluding hydrogens is 228 g/mol. The average Bonchev–Trinajstić information content (AvgIpc) is 2.27. The summed E-state index contributed by atoms with van der Waals surface area (Å²) in [5.74, 6) is 0.516. The van der Waals surface area contributed by atoms with E-state index in [4.69, 9.17) is 0 Å². The van der Waals surface area contributed by atoms with Gasteiger partial charge < -0.3 is 15.7 Å². The summed E-state index contributed by atoms with van der Waals surface area (Å²) in [4.78, 5) is 11.9. The van der Waals surface area contributed by atoms with Crippen LogP contribution in [-0.2, 0) is 4.79 Å². The van der Waals surface area contributed by atoms with Crippen LogP contribution in [-0.4, -0.2) is 35.7 Å². The van der Waals surface area contributed by atoms with E-state index >= 15 is 0 Å². The molecule has 0 aliphatic carbocycles. The van der Waals surface area contributed by atoms with Gasteiger partial charge in [0.25, 0.3) is 0 Å². The van der Waals surface area contributed by atoms with Crippen molar-refractivity contribution in [3.05, 3.63) is 0 Å². The molecule has 0 saturated heterocycles. The van der Waals surface area contributed by atoms with E-state index in [-0.39, 0.29) is 30.6 Å². The molecule has 4 heteroatoms. The molecular formula is C14H30N2O2. The molecule has 0 radical (unpaired) electrons. The fraction of sp³-hybridized carbons (Fsp3) is 0.929. The predicted octanol–water partition coefficient (Wildman–Crippen LogP) is 1.68. The van der Waals surface area contributed by atoms with Crippen LogP contribution in [0.2, 0.25) is 0 Å². The number of carbonyl (C=O) groups excluding carboxylic acids is 1. The Labute approximate surface area is 112 Å². The number of hydrogen-bond acceptors (Lipinski definition) is 3. The van der Waals surface area contributed by atoms with Crippen LogP contribution in [0.25, 0.3) is 0 Å². The van der Waals surface area contributed by atoms with Crippen LogP contribution >= 0.6 is 0 Å². The Morgan fingerprint density at radius 1 is 1.22 bits per heavy atom. The van der Waals surface area contributed by atoms with Crippen LogP contribution < -0.4 is 10.6 Å². The Kier molecular flexibility index (Phi) is 9.02. The van der Waals surface area contributed by atoms with Gasteiger partial charge in [-0.05, 0) is 32.6 Å². The fourth-order valence-electron chi connectivity index (χ4n) is 2.07. The molecule has 0 aromatic heterocycles. The first-order valence-corrected chi connectivity index (χ1v) is 7.07. The van der Waals surface area contributed by atoms with E-state index in [2.05, 4.69) is 31.4 Å². The lowest BCUT2D eigenvalue weighted by Crippen LogP contribution is -2.50. The summed E-state index contributed by atoms with van der Waals surface area (Å²) in [7, 11) is 0. The average molecular weight is 258 g/mol. The minimum atomic E-state index is -0.264. The summed E-state index contributed by atoms with van der Waals surface area (Å²) in [6.45, 7) is 10.3. The maximum atomic E-state index is 11.9. The molecule has 0 rings (SSSR count). The van der Waals surface area contributed by atoms with Crippen molar-refractivity contribution >= 4 is 5.91 Å². The van der Waals surface area contributed by atoms with E-state index in [1.807, 2.05) is 13.8 Å². The van der Waals surface area contributed by atoms with Crippen LogP contribution in [0, 0.1) is 5.92 Å². The molecule has 0 saturated carbocycles. The predicted molar refractivity (Wildman–Crippen MR) is 75.4 cm³/mol. The molecule has 0 aromatic rings. The second-order valence-corrected chi connectivity index (χ2v) is 5.60. The summed E-state index contributed by atoms with van der Waals surface area (Å²) >= 11 is 0. The molecule has 0 heterocycles. The van der Waals surface area contributed by atoms with Gasteiger partial charge in [-0.2, -0.15) is 0 Å². The number of nitrogens with one attached hydrogen (secondary N) is 2. The zero-order valence-corrected chi connectivity index (χ0v) is 12.5. The van der Waals surface area contributed by atoms with Gasteiger partial charge in [0.15, 0.2) is 0 Å². The van der Waals surface area contributed by atoms with Gasteiger partial charge in [0.1, 0.15) is 0 Å². The monoisotopic (exact) mass is 258 g/mol. The van der Waals surface area contributed by atoms with Crippen molar-refractivity contribution in [2.75, 3.05) is 6.61 Å². The number of rotatable bonds is 9. The Bertz CT molecular complexity index is 232. The first kappa shape index (κ1) is 17.4. The zero-order chi connectivity index (χ0) is 14.1. The molecule has 0 aliphatic rings. The van der Waals surface area contributed by atoms with Crippen LogP contribution in [0.1, 0.15) is 53.9 Å². The summed E-state index contributed by atoms with van der Waals surface area (Å²) in [6.07, 6.45) is 2.93. The SMILES string of the molecule is CCCC(C)NC(=O)C(C)NC(CO)CC(C)C. The fourth-order valence-corrected chi connectivity index (χ4v) is 2.07. The lowest BCUT2D eigenvalue weighted by molar-refractivity contribution is -0.123. The number of carbonyl (C=O) groups is 1. The van der Waals surface area contributed by atoms with Gasteiger partial charge in [-0.15, -0.1) is 0 Å². The molecule has 0 spiro atoms. The van der Waals surface area contributed by atoms with E-state index in [1.54, 1.807) is 0 Å². The smallest absolute Gasteiger partial charge is 0.237 e. The van der Waals surface area contributed by atoms with Gasteiger partial charge in [-0.3, -0.25) is 4.79 Å². The van der Waals surface area contributed by atoms with Gasteiger partial charge in [0, 0.05) is 12.1 Å². The molecule has 1 amide bonds. The molecule has 3 atom stereocenters. The van der Waals surface area contributed by atoms with Crippen molar-refractivity contribution in [2.24, 2.45) is 5.92 Å². The first-order chi connectivity index (χ1) is 8.40. The Morgan fingerprint density at radius 2 is 1.83 bits per heavy atom. The normalized spacial score (nSPS) is 16.4. The third kappa shape index (κ3) is 7.67. The van der Waals surface area contributed by atoms with Crippen LogP contribution in [0.4, 0.5) is 0 Å². The second-order valence-electron chi connectivity index (χ2n) is 5.60. The van der Waals surface area contributed by atoms with Crippen molar-refractivity contribution in [1.82, 2.24) is 10.6 Å². The lowest BCUT2D eigenvalue weighted by atomic mass is 10.0. The minimum absolute atomic E-state index is 0.00719. The van der Waals surface area contributed by atoms with Crippen molar-refractivity contribution in [3.8, 4) is 0 Å². The van der Waals surface area contributed by atoms with Gasteiger partial charge in [-0.25, -0.2) is 0 Å². The third-order valence-corrected chi connectivity index (χ3v) is 2.97. The highest BCUT2D eigenvalue weighted by Gasteiger charge is 2.19. The molecule has 0 aromatic carbocycles. The topological polar surface area (TPSA) is 61.4 Å². The van der Waals surface area contributed by atoms with Crippen molar-refractivity contribution < 1.29 is 9.90 Å². The zero-order valence-electron chi connectivity index (χ0n) is 12.5. The summed E-state index contributed by atoms with van der Waals surface area (Å²) in [6, 6.07) is -0.0585. The first-order valence-electron chi connectivity index (χ1n) is 7.07. The highest BCUT2D eigenvalue weighted by molar-refractivity contribution is 5.81. The maximum Gasteiger partial charge on any atom is 0.237 e. The standard InChI is InChI=1S/C14H30N2O2/c1-6-7-11(4)15-14(18)12(5)16-13(9-17)8-10(2)3/h10-13,16-17H,6-9H2,1-5H3,(H,15,18). The van der Waals surface area contributed by atoms with Crippen LogP contribution in [0.5, 0.6) is 0 Å². The molecule has 108 valence electrons. The van der Waals surface area contributed by atoms with Crippen molar-refractivity contribution in [1.29, 1.82) is 0 Å². The van der Waals surface area contributed by atoms with Crippen molar-refractivity contribution in [2.45, 2.75) is 72.0 Å². The van der Waals surface area contributed by atoms with E-state index in [9.17, 15) is 9.90 Å². The molecule has 0 aliphatic heterocycles. The van der Waals surface area contributed by atoms with E-state index in [1.165, 1.54) is 0 Å². The molecule has 4 nitrogen and oxygen atoms in total. The van der Waals surface area contributed by atoms with Gasteiger partial charge in [-0.1, -0.05) is 27.2 Å². The van der Waals surface area contributed by atoms with Gasteiger partial charge in [0.2, 0.25) is 5.91 Å². The summed E-state index contributed by atoms with van der Waals surface area (Å²) in [5, 5.41) is 15.4. The molecule has 3 unspecified atom stereocenters. The minimum Gasteiger partial charge on any atom is -0.395 e. The van der Waals surface area contributed by atoms with E-state index in [0.29, 0.717) is 5.92 Å². The Balaban J connectivity index is 4.12. The third-order valence-electron chi connectivity index (χ3n) is 2.97. The lowest BCUT2D eigenvalue weighted by Gasteiger charge is -2.24. The largest absolute Gasteiger partial charge is 0.395 e. The summed E-state index contributed by atoms with van der Waals surface area (Å²) < 4.78 is 0. The highest BCUT2D eigenvalue weighted by atomic mass is 16.3. The van der Waals surface area contributed by atoms with E-state index in [0.717, 1.165) is 19.3 Å². The van der Waals surface area contributed by atoms with Gasteiger partial charge >= 0.3 is 0 Å². The Hall–Kier alpha value is -0.610. The quantitative estimate of drug-likeness (QED) is 0.589. The number of aliphatic hydroxyl groups excluding tert-OH is 1. The van der Waals surface area contributed by atoms with Crippen LogP contribution in [0.3, 0.4) is 0 Å². The van der Waals surface area contributed by atoms with E-state index < -0.39 is 0 Å². The number of amides is 1. The second kappa shape index (κ2) is 9.34. The number of aliphatic hydroxyl groups is 1. The van der Waals surface area contributed by atoms with Crippen molar-refractivity contribution in [3.63, 3.8) is 0 Å². The molecule has 0 bridgehead atoms. The molecule has 3 N–H and O–H groups in total. The number of hydrogen-bond donors (Lipinski definition) is 3. The summed E-state index contributed by atoms with van der Waals surface area (Å²) in [5.41, 5.74) is 0. The van der Waals surface area contributed by atoms with Gasteiger partial charge in [0.05, 0.1) is 12.6 Å². The van der Waals surface area contributed by atoms with Crippen LogP contribution in [0.15, 0.2) is 0 Å². The molecule has 18 heavy (non-hydrogen) atoms. The Morgan fingerprint density at radius 3 is 2.28 bits per heavy atom.